The highest BCUT2D eigenvalue weighted by Gasteiger charge is 2.12. The van der Waals surface area contributed by atoms with Crippen molar-refractivity contribution >= 4 is 34.2 Å². The Kier molecular flexibility index (Phi) is 4.02. The fraction of sp³-hybridized carbons (Fsp3) is 0.0769. The van der Waals surface area contributed by atoms with Gasteiger partial charge in [-0.3, -0.25) is 0 Å². The van der Waals surface area contributed by atoms with Gasteiger partial charge < -0.3 is 4.74 Å². The fourth-order valence-corrected chi connectivity index (χ4v) is 2.41. The molecule has 0 spiro atoms. The first-order valence-electron chi connectivity index (χ1n) is 5.91. The van der Waals surface area contributed by atoms with E-state index in [-0.39, 0.29) is 0 Å². The second-order valence-electron chi connectivity index (χ2n) is 4.09. The van der Waals surface area contributed by atoms with Gasteiger partial charge >= 0.3 is 0 Å². The number of ether oxygens (including phenoxy) is 1. The number of halogens is 2. The Labute approximate surface area is 139 Å². The largest absolute Gasteiger partial charge is 0.481 e. The van der Waals surface area contributed by atoms with E-state index in [9.17, 15) is 0 Å². The highest BCUT2D eigenvalue weighted by molar-refractivity contribution is 14.1. The van der Waals surface area contributed by atoms with Crippen molar-refractivity contribution in [3.63, 3.8) is 0 Å². The normalized spacial score (nSPS) is 10.6. The first kappa shape index (κ1) is 14.2. The van der Waals surface area contributed by atoms with E-state index in [2.05, 4.69) is 42.9 Å². The zero-order valence-corrected chi connectivity index (χ0v) is 13.8. The van der Waals surface area contributed by atoms with E-state index in [0.29, 0.717) is 16.6 Å². The molecule has 0 saturated heterocycles. The molecular formula is C13H9ClIN5O. The molecule has 0 saturated carbocycles. The van der Waals surface area contributed by atoms with Crippen LogP contribution in [-0.2, 0) is 0 Å². The lowest BCUT2D eigenvalue weighted by Gasteiger charge is -2.09. The second kappa shape index (κ2) is 5.94. The van der Waals surface area contributed by atoms with Crippen LogP contribution in [0.15, 0.2) is 36.8 Å². The predicted octanol–water partition coefficient (Wildman–Crippen LogP) is 2.99. The molecule has 8 heteroatoms. The molecule has 0 aliphatic heterocycles. The van der Waals surface area contributed by atoms with Crippen LogP contribution in [0.1, 0.15) is 0 Å². The van der Waals surface area contributed by atoms with Crippen molar-refractivity contribution in [1.82, 2.24) is 25.0 Å². The minimum absolute atomic E-state index is 0.485. The van der Waals surface area contributed by atoms with Gasteiger partial charge in [0.1, 0.15) is 10.0 Å². The zero-order chi connectivity index (χ0) is 14.8. The quantitative estimate of drug-likeness (QED) is 0.618. The second-order valence-corrected chi connectivity index (χ2v) is 5.63. The summed E-state index contributed by atoms with van der Waals surface area (Å²) in [7, 11) is 1.56. The zero-order valence-electron chi connectivity index (χ0n) is 10.9. The minimum atomic E-state index is 0.485. The van der Waals surface area contributed by atoms with Crippen molar-refractivity contribution < 1.29 is 4.74 Å². The molecule has 0 bridgehead atoms. The first-order chi connectivity index (χ1) is 10.2. The molecular weight excluding hydrogens is 405 g/mol. The van der Waals surface area contributed by atoms with Crippen molar-refractivity contribution in [1.29, 1.82) is 0 Å². The average molecular weight is 414 g/mol. The molecule has 0 aliphatic rings. The van der Waals surface area contributed by atoms with Crippen molar-refractivity contribution in [2.45, 2.75) is 0 Å². The summed E-state index contributed by atoms with van der Waals surface area (Å²) in [6.45, 7) is 0. The average Bonchev–Trinajstić information content (AvgIpc) is 2.93. The summed E-state index contributed by atoms with van der Waals surface area (Å²) in [6.07, 6.45) is 3.27. The van der Waals surface area contributed by atoms with Gasteiger partial charge in [-0.25, -0.2) is 14.6 Å². The third-order valence-corrected chi connectivity index (χ3v) is 3.53. The Morgan fingerprint density at radius 1 is 1.24 bits per heavy atom. The van der Waals surface area contributed by atoms with Gasteiger partial charge in [-0.15, -0.1) is 5.10 Å². The Bertz CT molecular complexity index is 792. The van der Waals surface area contributed by atoms with Gasteiger partial charge in [0.05, 0.1) is 24.7 Å². The maximum atomic E-state index is 6.11. The molecule has 0 atom stereocenters. The summed E-state index contributed by atoms with van der Waals surface area (Å²) in [5, 5.41) is 8.69. The van der Waals surface area contributed by atoms with Crippen LogP contribution < -0.4 is 4.74 Å². The molecule has 1 aromatic carbocycles. The topological polar surface area (TPSA) is 65.7 Å². The minimum Gasteiger partial charge on any atom is -0.481 e. The standard InChI is InChI=1S/C13H9ClIN5O/c1-21-13-5-10(16-7-17-13)9-4-8(14)2-3-11(9)20-6-12(15)18-19-20/h2-7H,1H3. The van der Waals surface area contributed by atoms with Gasteiger partial charge in [0, 0.05) is 16.7 Å². The molecule has 0 fully saturated rings. The third kappa shape index (κ3) is 2.98. The molecule has 6 nitrogen and oxygen atoms in total. The van der Waals surface area contributed by atoms with Crippen LogP contribution in [0.25, 0.3) is 16.9 Å². The van der Waals surface area contributed by atoms with E-state index in [1.54, 1.807) is 23.9 Å². The molecule has 0 N–H and O–H groups in total. The van der Waals surface area contributed by atoms with Gasteiger partial charge in [0.2, 0.25) is 5.88 Å². The third-order valence-electron chi connectivity index (χ3n) is 2.80. The first-order valence-corrected chi connectivity index (χ1v) is 7.37. The number of nitrogens with zero attached hydrogens (tertiary/aromatic N) is 5. The van der Waals surface area contributed by atoms with Crippen molar-refractivity contribution in [2.24, 2.45) is 0 Å². The Morgan fingerprint density at radius 2 is 2.10 bits per heavy atom. The molecule has 21 heavy (non-hydrogen) atoms. The van der Waals surface area contributed by atoms with Crippen LogP contribution in [0.4, 0.5) is 0 Å². The van der Waals surface area contributed by atoms with Crippen LogP contribution >= 0.6 is 34.2 Å². The lowest BCUT2D eigenvalue weighted by Crippen LogP contribution is -2.00. The van der Waals surface area contributed by atoms with Crippen LogP contribution in [0.3, 0.4) is 0 Å². The lowest BCUT2D eigenvalue weighted by atomic mass is 10.1. The molecule has 2 aromatic heterocycles. The summed E-state index contributed by atoms with van der Waals surface area (Å²) < 4.78 is 7.62. The molecule has 106 valence electrons. The van der Waals surface area contributed by atoms with Crippen LogP contribution in [0.2, 0.25) is 5.02 Å². The summed E-state index contributed by atoms with van der Waals surface area (Å²) in [5.41, 5.74) is 2.35. The van der Waals surface area contributed by atoms with Gasteiger partial charge in [-0.2, -0.15) is 0 Å². The molecule has 0 radical (unpaired) electrons. The van der Waals surface area contributed by atoms with Gasteiger partial charge in [0.25, 0.3) is 0 Å². The highest BCUT2D eigenvalue weighted by atomic mass is 127. The van der Waals surface area contributed by atoms with Crippen molar-refractivity contribution in [3.05, 3.63) is 45.5 Å². The summed E-state index contributed by atoms with van der Waals surface area (Å²) in [4.78, 5) is 8.29. The van der Waals surface area contributed by atoms with Crippen molar-refractivity contribution in [2.75, 3.05) is 7.11 Å². The van der Waals surface area contributed by atoms with E-state index in [1.165, 1.54) is 6.33 Å². The van der Waals surface area contributed by atoms with Gasteiger partial charge in [0.15, 0.2) is 0 Å². The lowest BCUT2D eigenvalue weighted by molar-refractivity contribution is 0.397. The smallest absolute Gasteiger partial charge is 0.216 e. The predicted molar refractivity (Wildman–Crippen MR) is 86.7 cm³/mol. The number of aromatic nitrogens is 5. The number of methoxy groups -OCH3 is 1. The molecule has 0 amide bonds. The fourth-order valence-electron chi connectivity index (χ4n) is 1.87. The molecule has 3 rings (SSSR count). The van der Waals surface area contributed by atoms with Crippen LogP contribution in [0, 0.1) is 3.70 Å². The number of benzene rings is 1. The molecule has 0 unspecified atom stereocenters. The van der Waals surface area contributed by atoms with E-state index in [0.717, 1.165) is 15.0 Å². The molecule has 3 aromatic rings. The number of hydrogen-bond acceptors (Lipinski definition) is 5. The molecule has 0 aliphatic carbocycles. The van der Waals surface area contributed by atoms with Crippen molar-refractivity contribution in [3.8, 4) is 22.8 Å². The van der Waals surface area contributed by atoms with Gasteiger partial charge in [-0.1, -0.05) is 16.8 Å². The highest BCUT2D eigenvalue weighted by Crippen LogP contribution is 2.29. The van der Waals surface area contributed by atoms with E-state index in [4.69, 9.17) is 16.3 Å². The summed E-state index contributed by atoms with van der Waals surface area (Å²) in [6, 6.07) is 7.24. The SMILES string of the molecule is COc1cc(-c2cc(Cl)ccc2-n2cc(I)nn2)ncn1. The molecule has 2 heterocycles. The maximum absolute atomic E-state index is 6.11. The van der Waals surface area contributed by atoms with E-state index >= 15 is 0 Å². The van der Waals surface area contributed by atoms with Crippen LogP contribution in [-0.4, -0.2) is 32.1 Å². The number of hydrogen-bond donors (Lipinski definition) is 0. The Hall–Kier alpha value is -1.74. The Morgan fingerprint density at radius 3 is 2.81 bits per heavy atom. The van der Waals surface area contributed by atoms with E-state index in [1.807, 2.05) is 18.3 Å². The maximum Gasteiger partial charge on any atom is 0.216 e. The monoisotopic (exact) mass is 413 g/mol. The summed E-state index contributed by atoms with van der Waals surface area (Å²) in [5.74, 6) is 0.485. The Balaban J connectivity index is 2.18. The van der Waals surface area contributed by atoms with Gasteiger partial charge in [-0.05, 0) is 40.8 Å². The van der Waals surface area contributed by atoms with E-state index < -0.39 is 0 Å². The number of rotatable bonds is 3. The summed E-state index contributed by atoms with van der Waals surface area (Å²) >= 11 is 8.22. The van der Waals surface area contributed by atoms with Crippen LogP contribution in [0.5, 0.6) is 5.88 Å².